The number of furan rings is 1. The quantitative estimate of drug-likeness (QED) is 0.622. The summed E-state index contributed by atoms with van der Waals surface area (Å²) in [6.45, 7) is 8.28. The smallest absolute Gasteiger partial charge is 0.303 e. The minimum absolute atomic E-state index is 0.123. The molecule has 0 N–H and O–H groups in total. The van der Waals surface area contributed by atoms with Gasteiger partial charge in [0.2, 0.25) is 0 Å². The molecule has 1 aliphatic carbocycles. The molecular weight excluding hydrogens is 268 g/mol. The first-order valence-corrected chi connectivity index (χ1v) is 11.1. The summed E-state index contributed by atoms with van der Waals surface area (Å²) in [7, 11) is -1.45. The van der Waals surface area contributed by atoms with Crippen LogP contribution >= 0.6 is 0 Å². The van der Waals surface area contributed by atoms with Crippen LogP contribution in [0.25, 0.3) is 0 Å². The molecule has 1 fully saturated rings. The Hall–Kier alpha value is -1.03. The molecule has 1 aromatic heterocycles. The van der Waals surface area contributed by atoms with E-state index in [1.807, 2.05) is 0 Å². The van der Waals surface area contributed by atoms with Crippen LogP contribution in [0.3, 0.4) is 0 Å². The van der Waals surface area contributed by atoms with Crippen molar-refractivity contribution < 1.29 is 13.9 Å². The van der Waals surface area contributed by atoms with Gasteiger partial charge in [-0.05, 0) is 18.9 Å². The van der Waals surface area contributed by atoms with Crippen LogP contribution in [0.1, 0.15) is 50.7 Å². The molecule has 1 aliphatic rings. The second-order valence-electron chi connectivity index (χ2n) is 6.92. The molecule has 1 aromatic rings. The summed E-state index contributed by atoms with van der Waals surface area (Å²) in [5.41, 5.74) is 1.05. The monoisotopic (exact) mass is 294 g/mol. The van der Waals surface area contributed by atoms with Crippen LogP contribution in [-0.2, 0) is 9.53 Å². The fourth-order valence-electron chi connectivity index (χ4n) is 2.95. The molecule has 1 saturated carbocycles. The Morgan fingerprint density at radius 3 is 2.45 bits per heavy atom. The average Bonchev–Trinajstić information content (AvgIpc) is 2.86. The van der Waals surface area contributed by atoms with Crippen molar-refractivity contribution in [1.82, 2.24) is 0 Å². The molecule has 0 aliphatic heterocycles. The van der Waals surface area contributed by atoms with Crippen LogP contribution in [0, 0.1) is 5.92 Å². The molecule has 2 rings (SSSR count). The zero-order chi connectivity index (χ0) is 14.8. The van der Waals surface area contributed by atoms with Crippen LogP contribution in [-0.4, -0.2) is 14.0 Å². The summed E-state index contributed by atoms with van der Waals surface area (Å²) < 4.78 is 11.4. The van der Waals surface area contributed by atoms with Crippen molar-refractivity contribution in [2.45, 2.75) is 64.8 Å². The van der Waals surface area contributed by atoms with Gasteiger partial charge < -0.3 is 9.15 Å². The lowest BCUT2D eigenvalue weighted by molar-refractivity contribution is -0.150. The van der Waals surface area contributed by atoms with Gasteiger partial charge in [-0.15, -0.1) is 0 Å². The maximum absolute atomic E-state index is 11.4. The largest absolute Gasteiger partial charge is 0.474 e. The van der Waals surface area contributed by atoms with Crippen LogP contribution in [0.5, 0.6) is 0 Å². The van der Waals surface area contributed by atoms with Gasteiger partial charge in [-0.3, -0.25) is 4.79 Å². The first kappa shape index (κ1) is 15.4. The summed E-state index contributed by atoms with van der Waals surface area (Å²) >= 11 is 0. The van der Waals surface area contributed by atoms with Crippen LogP contribution < -0.4 is 5.38 Å². The highest BCUT2D eigenvalue weighted by Gasteiger charge is 2.30. The number of carbonyl (C=O) groups excluding carboxylic acids is 1. The first-order chi connectivity index (χ1) is 9.38. The number of ether oxygens (including phenoxy) is 1. The third-order valence-electron chi connectivity index (χ3n) is 4.06. The molecule has 112 valence electrons. The van der Waals surface area contributed by atoms with E-state index in [4.69, 9.17) is 9.15 Å². The Balaban J connectivity index is 2.21. The molecule has 4 heteroatoms. The van der Waals surface area contributed by atoms with E-state index in [0.717, 1.165) is 23.8 Å². The normalized spacial score (nSPS) is 18.8. The summed E-state index contributed by atoms with van der Waals surface area (Å²) in [6.07, 6.45) is 7.74. The molecule has 0 aromatic carbocycles. The van der Waals surface area contributed by atoms with E-state index in [9.17, 15) is 4.79 Å². The molecule has 0 radical (unpaired) electrons. The fraction of sp³-hybridized carbons (Fsp3) is 0.688. The second-order valence-corrected chi connectivity index (χ2v) is 11.9. The minimum Gasteiger partial charge on any atom is -0.474 e. The standard InChI is InChI=1S/C16H26O3Si/c1-12(17)19-16(13-8-6-5-7-9-13)14-10-15(18-11-14)20(2,3)4/h10-11,13,16H,5-9H2,1-4H3. The van der Waals surface area contributed by atoms with Crippen molar-refractivity contribution in [2.75, 3.05) is 0 Å². The topological polar surface area (TPSA) is 39.4 Å². The van der Waals surface area contributed by atoms with Crippen molar-refractivity contribution in [2.24, 2.45) is 5.92 Å². The van der Waals surface area contributed by atoms with Gasteiger partial charge in [0, 0.05) is 18.4 Å². The lowest BCUT2D eigenvalue weighted by atomic mass is 9.83. The summed E-state index contributed by atoms with van der Waals surface area (Å²) in [5.74, 6) is 0.246. The van der Waals surface area contributed by atoms with Crippen LogP contribution in [0.4, 0.5) is 0 Å². The predicted molar refractivity (Wildman–Crippen MR) is 82.8 cm³/mol. The molecule has 1 heterocycles. The number of carbonyl (C=O) groups is 1. The zero-order valence-corrected chi connectivity index (χ0v) is 14.1. The van der Waals surface area contributed by atoms with Crippen LogP contribution in [0.2, 0.25) is 19.6 Å². The van der Waals surface area contributed by atoms with Crippen molar-refractivity contribution in [3.63, 3.8) is 0 Å². The predicted octanol–water partition coefficient (Wildman–Crippen LogP) is 4.01. The molecular formula is C16H26O3Si. The van der Waals surface area contributed by atoms with Crippen LogP contribution in [0.15, 0.2) is 16.7 Å². The average molecular weight is 294 g/mol. The molecule has 0 amide bonds. The minimum atomic E-state index is -1.45. The highest BCUT2D eigenvalue weighted by molar-refractivity contribution is 6.87. The van der Waals surface area contributed by atoms with Crippen molar-refractivity contribution in [3.05, 3.63) is 17.9 Å². The van der Waals surface area contributed by atoms with E-state index in [2.05, 4.69) is 25.7 Å². The highest BCUT2D eigenvalue weighted by Crippen LogP contribution is 2.37. The second kappa shape index (κ2) is 6.16. The molecule has 0 saturated heterocycles. The summed E-state index contributed by atoms with van der Waals surface area (Å²) in [4.78, 5) is 11.4. The Morgan fingerprint density at radius 2 is 1.95 bits per heavy atom. The Bertz CT molecular complexity index is 453. The van der Waals surface area contributed by atoms with Crippen molar-refractivity contribution in [1.29, 1.82) is 0 Å². The van der Waals surface area contributed by atoms with E-state index >= 15 is 0 Å². The van der Waals surface area contributed by atoms with Gasteiger partial charge in [0.05, 0.1) is 11.6 Å². The number of hydrogen-bond acceptors (Lipinski definition) is 3. The summed E-state index contributed by atoms with van der Waals surface area (Å²) in [6, 6.07) is 2.12. The van der Waals surface area contributed by atoms with E-state index in [-0.39, 0.29) is 12.1 Å². The molecule has 20 heavy (non-hydrogen) atoms. The third kappa shape index (κ3) is 3.75. The van der Waals surface area contributed by atoms with Gasteiger partial charge in [-0.25, -0.2) is 0 Å². The lowest BCUT2D eigenvalue weighted by Gasteiger charge is -2.29. The van der Waals surface area contributed by atoms with E-state index in [1.54, 1.807) is 6.26 Å². The maximum Gasteiger partial charge on any atom is 0.303 e. The molecule has 0 bridgehead atoms. The molecule has 1 unspecified atom stereocenters. The van der Waals surface area contributed by atoms with Gasteiger partial charge in [0.25, 0.3) is 0 Å². The van der Waals surface area contributed by atoms with E-state index in [0.29, 0.717) is 5.92 Å². The van der Waals surface area contributed by atoms with Crippen molar-refractivity contribution in [3.8, 4) is 0 Å². The van der Waals surface area contributed by atoms with Gasteiger partial charge in [-0.2, -0.15) is 0 Å². The molecule has 1 atom stereocenters. The number of hydrogen-bond donors (Lipinski definition) is 0. The van der Waals surface area contributed by atoms with Gasteiger partial charge in [0.1, 0.15) is 14.2 Å². The lowest BCUT2D eigenvalue weighted by Crippen LogP contribution is -2.36. The van der Waals surface area contributed by atoms with Gasteiger partial charge in [-0.1, -0.05) is 38.9 Å². The van der Waals surface area contributed by atoms with E-state index < -0.39 is 8.07 Å². The van der Waals surface area contributed by atoms with Crippen molar-refractivity contribution >= 4 is 19.4 Å². The Morgan fingerprint density at radius 1 is 1.30 bits per heavy atom. The SMILES string of the molecule is CC(=O)OC(c1coc([Si](C)(C)C)c1)C1CCCCC1. The van der Waals surface area contributed by atoms with Gasteiger partial charge in [0.15, 0.2) is 0 Å². The maximum atomic E-state index is 11.4. The third-order valence-corrected chi connectivity index (χ3v) is 5.80. The number of rotatable bonds is 4. The fourth-order valence-corrected chi connectivity index (χ4v) is 3.96. The highest BCUT2D eigenvalue weighted by atomic mass is 28.3. The Kier molecular flexibility index (Phi) is 4.73. The summed E-state index contributed by atoms with van der Waals surface area (Å²) in [5, 5.41) is 1.08. The van der Waals surface area contributed by atoms with Gasteiger partial charge >= 0.3 is 5.97 Å². The molecule has 0 spiro atoms. The van der Waals surface area contributed by atoms with E-state index in [1.165, 1.54) is 26.2 Å². The molecule has 3 nitrogen and oxygen atoms in total. The first-order valence-electron chi connectivity index (χ1n) is 7.64. The zero-order valence-electron chi connectivity index (χ0n) is 13.1. The number of esters is 1. The Labute approximate surface area is 122 Å².